The van der Waals surface area contributed by atoms with Crippen molar-refractivity contribution in [3.05, 3.63) is 24.0 Å². The Morgan fingerprint density at radius 3 is 3.00 bits per heavy atom. The minimum Gasteiger partial charge on any atom is -0.399 e. The molecule has 2 aromatic rings. The Morgan fingerprint density at radius 1 is 1.50 bits per heavy atom. The van der Waals surface area contributed by atoms with Gasteiger partial charge in [0.15, 0.2) is 0 Å². The van der Waals surface area contributed by atoms with Crippen LogP contribution in [0.4, 0.5) is 5.69 Å². The maximum absolute atomic E-state index is 5.75. The number of nitrogens with one attached hydrogen (secondary N) is 1. The van der Waals surface area contributed by atoms with E-state index in [9.17, 15) is 0 Å². The Balaban J connectivity index is 2.12. The molecule has 1 unspecified atom stereocenters. The molecule has 1 aromatic carbocycles. The van der Waals surface area contributed by atoms with Gasteiger partial charge in [0.05, 0.1) is 24.2 Å². The first kappa shape index (κ1) is 12.9. The van der Waals surface area contributed by atoms with Crippen LogP contribution in [-0.4, -0.2) is 41.7 Å². The number of H-pyrrole nitrogens is 1. The summed E-state index contributed by atoms with van der Waals surface area (Å²) in [5.41, 5.74) is 8.43. The number of benzene rings is 1. The number of nitrogens with two attached hydrogens (primary N) is 1. The average molecular weight is 248 g/mol. The third kappa shape index (κ3) is 2.80. The lowest BCUT2D eigenvalue weighted by molar-refractivity contribution is 0.110. The number of ether oxygens (including phenoxy) is 1. The summed E-state index contributed by atoms with van der Waals surface area (Å²) in [4.78, 5) is 10.0. The summed E-state index contributed by atoms with van der Waals surface area (Å²) < 4.78 is 5.15. The number of imidazole rings is 1. The van der Waals surface area contributed by atoms with Gasteiger partial charge in [-0.2, -0.15) is 0 Å². The number of anilines is 1. The molecule has 0 saturated carbocycles. The van der Waals surface area contributed by atoms with Gasteiger partial charge in [-0.05, 0) is 32.2 Å². The van der Waals surface area contributed by atoms with Gasteiger partial charge in [-0.3, -0.25) is 4.90 Å². The molecule has 98 valence electrons. The molecule has 0 saturated heterocycles. The van der Waals surface area contributed by atoms with Gasteiger partial charge in [-0.15, -0.1) is 0 Å². The number of fused-ring (bicyclic) bond motifs is 1. The first-order valence-electron chi connectivity index (χ1n) is 6.03. The molecule has 0 aliphatic rings. The van der Waals surface area contributed by atoms with Crippen molar-refractivity contribution in [1.82, 2.24) is 14.9 Å². The van der Waals surface area contributed by atoms with E-state index in [0.29, 0.717) is 12.6 Å². The Bertz CT molecular complexity index is 523. The lowest BCUT2D eigenvalue weighted by Crippen LogP contribution is -2.32. The molecule has 0 bridgehead atoms. The van der Waals surface area contributed by atoms with E-state index in [1.54, 1.807) is 7.11 Å². The van der Waals surface area contributed by atoms with Crippen LogP contribution in [0, 0.1) is 0 Å². The Hall–Kier alpha value is -1.59. The summed E-state index contributed by atoms with van der Waals surface area (Å²) in [7, 11) is 3.78. The molecule has 0 aliphatic carbocycles. The third-order valence-corrected chi connectivity index (χ3v) is 3.11. The number of likely N-dealkylation sites (N-methyl/N-ethyl adjacent to an activating group) is 1. The molecule has 3 N–H and O–H groups in total. The zero-order valence-electron chi connectivity index (χ0n) is 11.1. The van der Waals surface area contributed by atoms with Crippen LogP contribution in [0.5, 0.6) is 0 Å². The number of nitrogens with zero attached hydrogens (tertiary/aromatic N) is 2. The molecule has 18 heavy (non-hydrogen) atoms. The monoisotopic (exact) mass is 248 g/mol. The number of hydrogen-bond acceptors (Lipinski definition) is 4. The minimum absolute atomic E-state index is 0.355. The van der Waals surface area contributed by atoms with Gasteiger partial charge in [0, 0.05) is 18.8 Å². The second kappa shape index (κ2) is 5.37. The molecule has 5 nitrogen and oxygen atoms in total. The van der Waals surface area contributed by atoms with Crippen LogP contribution in [0.1, 0.15) is 12.7 Å². The molecule has 0 radical (unpaired) electrons. The molecular formula is C13H20N4O. The summed E-state index contributed by atoms with van der Waals surface area (Å²) in [5, 5.41) is 0. The highest BCUT2D eigenvalue weighted by Crippen LogP contribution is 2.15. The summed E-state index contributed by atoms with van der Waals surface area (Å²) >= 11 is 0. The fraction of sp³-hybridized carbons (Fsp3) is 0.462. The Kier molecular flexibility index (Phi) is 3.84. The SMILES string of the molecule is COCC(C)N(C)Cc1nc2ccc(N)cc2[nH]1. The van der Waals surface area contributed by atoms with Crippen molar-refractivity contribution in [3.63, 3.8) is 0 Å². The maximum Gasteiger partial charge on any atom is 0.121 e. The lowest BCUT2D eigenvalue weighted by Gasteiger charge is -2.22. The van der Waals surface area contributed by atoms with Gasteiger partial charge in [-0.25, -0.2) is 4.98 Å². The van der Waals surface area contributed by atoms with E-state index in [1.165, 1.54) is 0 Å². The predicted molar refractivity (Wildman–Crippen MR) is 73.3 cm³/mol. The summed E-state index contributed by atoms with van der Waals surface area (Å²) in [6.07, 6.45) is 0. The van der Waals surface area contributed by atoms with Crippen molar-refractivity contribution in [2.24, 2.45) is 0 Å². The fourth-order valence-electron chi connectivity index (χ4n) is 1.92. The van der Waals surface area contributed by atoms with Gasteiger partial charge in [0.1, 0.15) is 5.82 Å². The highest BCUT2D eigenvalue weighted by Gasteiger charge is 2.11. The van der Waals surface area contributed by atoms with Gasteiger partial charge < -0.3 is 15.5 Å². The summed E-state index contributed by atoms with van der Waals surface area (Å²) in [5.74, 6) is 0.945. The largest absolute Gasteiger partial charge is 0.399 e. The van der Waals surface area contributed by atoms with Crippen LogP contribution in [0.3, 0.4) is 0 Å². The number of nitrogen functional groups attached to an aromatic ring is 1. The van der Waals surface area contributed by atoms with Crippen LogP contribution in [0.25, 0.3) is 11.0 Å². The highest BCUT2D eigenvalue weighted by atomic mass is 16.5. The highest BCUT2D eigenvalue weighted by molar-refractivity contribution is 5.78. The molecule has 0 amide bonds. The van der Waals surface area contributed by atoms with Gasteiger partial charge in [0.2, 0.25) is 0 Å². The number of hydrogen-bond donors (Lipinski definition) is 2. The third-order valence-electron chi connectivity index (χ3n) is 3.11. The lowest BCUT2D eigenvalue weighted by atomic mass is 10.3. The molecule has 0 spiro atoms. The van der Waals surface area contributed by atoms with E-state index in [1.807, 2.05) is 18.2 Å². The number of methoxy groups -OCH3 is 1. The second-order valence-electron chi connectivity index (χ2n) is 4.68. The van der Waals surface area contributed by atoms with Crippen LogP contribution >= 0.6 is 0 Å². The first-order chi connectivity index (χ1) is 8.60. The molecule has 1 atom stereocenters. The normalized spacial score (nSPS) is 13.3. The molecule has 0 aliphatic heterocycles. The molecule has 0 fully saturated rings. The van der Waals surface area contributed by atoms with Crippen LogP contribution in [0.2, 0.25) is 0 Å². The Labute approximate surface area is 107 Å². The first-order valence-corrected chi connectivity index (χ1v) is 6.03. The van der Waals surface area contributed by atoms with E-state index < -0.39 is 0 Å². The Morgan fingerprint density at radius 2 is 2.28 bits per heavy atom. The second-order valence-corrected chi connectivity index (χ2v) is 4.68. The number of aromatic amines is 1. The van der Waals surface area contributed by atoms with Crippen molar-refractivity contribution in [2.45, 2.75) is 19.5 Å². The quantitative estimate of drug-likeness (QED) is 0.789. The van der Waals surface area contributed by atoms with Crippen LogP contribution < -0.4 is 5.73 Å². The zero-order valence-corrected chi connectivity index (χ0v) is 11.1. The van der Waals surface area contributed by atoms with Crippen molar-refractivity contribution in [1.29, 1.82) is 0 Å². The average Bonchev–Trinajstić information content (AvgIpc) is 2.70. The van der Waals surface area contributed by atoms with E-state index in [0.717, 1.165) is 29.1 Å². The van der Waals surface area contributed by atoms with E-state index in [4.69, 9.17) is 10.5 Å². The van der Waals surface area contributed by atoms with Gasteiger partial charge in [0.25, 0.3) is 0 Å². The summed E-state index contributed by atoms with van der Waals surface area (Å²) in [6.45, 7) is 3.60. The molecule has 5 heteroatoms. The molecule has 1 aromatic heterocycles. The van der Waals surface area contributed by atoms with E-state index >= 15 is 0 Å². The summed E-state index contributed by atoms with van der Waals surface area (Å²) in [6, 6.07) is 6.06. The molecule has 2 rings (SSSR count). The van der Waals surface area contributed by atoms with Crippen LogP contribution in [0.15, 0.2) is 18.2 Å². The van der Waals surface area contributed by atoms with Gasteiger partial charge >= 0.3 is 0 Å². The van der Waals surface area contributed by atoms with Crippen molar-refractivity contribution >= 4 is 16.7 Å². The molecular weight excluding hydrogens is 228 g/mol. The smallest absolute Gasteiger partial charge is 0.121 e. The fourth-order valence-corrected chi connectivity index (χ4v) is 1.92. The standard InChI is InChI=1S/C13H20N4O/c1-9(8-18-3)17(2)7-13-15-11-5-4-10(14)6-12(11)16-13/h4-6,9H,7-8,14H2,1-3H3,(H,15,16). The number of rotatable bonds is 5. The zero-order chi connectivity index (χ0) is 13.1. The van der Waals surface area contributed by atoms with E-state index in [2.05, 4.69) is 28.8 Å². The van der Waals surface area contributed by atoms with E-state index in [-0.39, 0.29) is 0 Å². The number of aromatic nitrogens is 2. The van der Waals surface area contributed by atoms with Gasteiger partial charge in [-0.1, -0.05) is 0 Å². The molecule has 1 heterocycles. The minimum atomic E-state index is 0.355. The van der Waals surface area contributed by atoms with Crippen LogP contribution in [-0.2, 0) is 11.3 Å². The van der Waals surface area contributed by atoms with Crippen molar-refractivity contribution in [2.75, 3.05) is 26.5 Å². The maximum atomic E-state index is 5.75. The van der Waals surface area contributed by atoms with Crippen molar-refractivity contribution < 1.29 is 4.74 Å². The van der Waals surface area contributed by atoms with Crippen molar-refractivity contribution in [3.8, 4) is 0 Å². The predicted octanol–water partition coefficient (Wildman–Crippen LogP) is 1.61. The topological polar surface area (TPSA) is 67.2 Å².